The van der Waals surface area contributed by atoms with Gasteiger partial charge in [0.15, 0.2) is 0 Å². The predicted molar refractivity (Wildman–Crippen MR) is 116 cm³/mol. The number of hydrogen-bond donors (Lipinski definition) is 2. The molecule has 10 heteroatoms. The highest BCUT2D eigenvalue weighted by molar-refractivity contribution is 7.23. The van der Waals surface area contributed by atoms with E-state index >= 15 is 0 Å². The second-order valence-corrected chi connectivity index (χ2v) is 8.81. The number of carbonyl (C=O) groups excluding carboxylic acids is 4. The fourth-order valence-electron chi connectivity index (χ4n) is 3.99. The van der Waals surface area contributed by atoms with Crippen LogP contribution in [0.15, 0.2) is 24.3 Å². The van der Waals surface area contributed by atoms with Gasteiger partial charge in [0.2, 0.25) is 5.91 Å². The van der Waals surface area contributed by atoms with Crippen LogP contribution in [0.4, 0.5) is 14.6 Å². The van der Waals surface area contributed by atoms with Crippen LogP contribution >= 0.6 is 11.3 Å². The lowest BCUT2D eigenvalue weighted by molar-refractivity contribution is -0.146. The van der Waals surface area contributed by atoms with Crippen molar-refractivity contribution in [3.8, 4) is 0 Å². The summed E-state index contributed by atoms with van der Waals surface area (Å²) >= 11 is 1.35. The Bertz CT molecular complexity index is 1040. The number of imide groups is 1. The zero-order valence-electron chi connectivity index (χ0n) is 17.4. The van der Waals surface area contributed by atoms with E-state index in [1.165, 1.54) is 18.4 Å². The number of likely N-dealkylation sites (tertiary alicyclic amines) is 1. The maximum absolute atomic E-state index is 13.5. The molecular formula is C21H24N4O5S. The van der Waals surface area contributed by atoms with Gasteiger partial charge in [-0.2, -0.15) is 0 Å². The van der Waals surface area contributed by atoms with Crippen LogP contribution in [-0.4, -0.2) is 66.0 Å². The topological polar surface area (TPSA) is 108 Å². The van der Waals surface area contributed by atoms with E-state index < -0.39 is 11.7 Å². The standard InChI is InChI=1S/C21H24N4O5S/c1-3-22-19(28)23-17-16(13-6-4-5-7-14(13)31-17)18(27)25-10-8-21(9-11-25)12-15(26)24(2)20(29)30-21/h4-7H,3,8-12H2,1-2H3,(H2,22,23,28). The maximum atomic E-state index is 13.5. The number of nitrogens with one attached hydrogen (secondary N) is 2. The van der Waals surface area contributed by atoms with Crippen LogP contribution < -0.4 is 10.6 Å². The van der Waals surface area contributed by atoms with Gasteiger partial charge in [-0.1, -0.05) is 18.2 Å². The van der Waals surface area contributed by atoms with Crippen molar-refractivity contribution in [1.29, 1.82) is 0 Å². The van der Waals surface area contributed by atoms with Gasteiger partial charge in [-0.25, -0.2) is 9.59 Å². The molecule has 2 saturated heterocycles. The van der Waals surface area contributed by atoms with E-state index in [0.717, 1.165) is 15.0 Å². The van der Waals surface area contributed by atoms with Gasteiger partial charge in [-0.15, -0.1) is 11.3 Å². The van der Waals surface area contributed by atoms with E-state index in [0.29, 0.717) is 43.0 Å². The van der Waals surface area contributed by atoms with Gasteiger partial charge in [-0.3, -0.25) is 19.8 Å². The Balaban J connectivity index is 1.56. The quantitative estimate of drug-likeness (QED) is 0.757. The number of fused-ring (bicyclic) bond motifs is 1. The lowest BCUT2D eigenvalue weighted by Gasteiger charge is -2.44. The molecule has 3 heterocycles. The molecule has 0 saturated carbocycles. The summed E-state index contributed by atoms with van der Waals surface area (Å²) in [5.74, 6) is -0.460. The van der Waals surface area contributed by atoms with Crippen molar-refractivity contribution in [2.24, 2.45) is 0 Å². The number of piperidine rings is 1. The first-order chi connectivity index (χ1) is 14.8. The molecule has 0 unspecified atom stereocenters. The monoisotopic (exact) mass is 444 g/mol. The molecule has 2 fully saturated rings. The Labute approximate surface area is 183 Å². The molecule has 164 valence electrons. The molecule has 2 aliphatic heterocycles. The molecule has 4 rings (SSSR count). The van der Waals surface area contributed by atoms with E-state index in [2.05, 4.69) is 10.6 Å². The average Bonchev–Trinajstić information content (AvgIpc) is 3.10. The Morgan fingerprint density at radius 2 is 1.90 bits per heavy atom. The van der Waals surface area contributed by atoms with Crippen LogP contribution in [-0.2, 0) is 9.53 Å². The largest absolute Gasteiger partial charge is 0.442 e. The summed E-state index contributed by atoms with van der Waals surface area (Å²) in [7, 11) is 1.40. The second kappa shape index (κ2) is 8.18. The first-order valence-electron chi connectivity index (χ1n) is 10.2. The van der Waals surface area contributed by atoms with Crippen LogP contribution in [0.5, 0.6) is 0 Å². The van der Waals surface area contributed by atoms with Gasteiger partial charge in [-0.05, 0) is 13.0 Å². The number of carbonyl (C=O) groups is 4. The van der Waals surface area contributed by atoms with Crippen LogP contribution in [0, 0.1) is 0 Å². The van der Waals surface area contributed by atoms with Crippen molar-refractivity contribution in [1.82, 2.24) is 15.1 Å². The molecule has 2 aromatic rings. The molecule has 1 aromatic carbocycles. The van der Waals surface area contributed by atoms with Crippen molar-refractivity contribution in [3.05, 3.63) is 29.8 Å². The molecule has 2 aliphatic rings. The van der Waals surface area contributed by atoms with E-state index in [-0.39, 0.29) is 24.3 Å². The first-order valence-corrected chi connectivity index (χ1v) is 11.0. The Hall–Kier alpha value is -3.14. The second-order valence-electron chi connectivity index (χ2n) is 7.76. The number of ether oxygens (including phenoxy) is 1. The van der Waals surface area contributed by atoms with Crippen molar-refractivity contribution < 1.29 is 23.9 Å². The van der Waals surface area contributed by atoms with Gasteiger partial charge in [0.25, 0.3) is 5.91 Å². The minimum atomic E-state index is -0.851. The normalized spacial score (nSPS) is 18.3. The highest BCUT2D eigenvalue weighted by Gasteiger charge is 2.47. The summed E-state index contributed by atoms with van der Waals surface area (Å²) in [6, 6.07) is 7.16. The third kappa shape index (κ3) is 3.95. The Morgan fingerprint density at radius 3 is 2.58 bits per heavy atom. The summed E-state index contributed by atoms with van der Waals surface area (Å²) in [6.45, 7) is 3.00. The molecule has 2 N–H and O–H groups in total. The van der Waals surface area contributed by atoms with Gasteiger partial charge < -0.3 is 15.0 Å². The lowest BCUT2D eigenvalue weighted by Crippen LogP contribution is -2.56. The van der Waals surface area contributed by atoms with E-state index in [4.69, 9.17) is 4.74 Å². The molecular weight excluding hydrogens is 420 g/mol. The molecule has 0 bridgehead atoms. The van der Waals surface area contributed by atoms with Gasteiger partial charge in [0.1, 0.15) is 10.6 Å². The number of hydrogen-bond acceptors (Lipinski definition) is 6. The molecule has 0 aliphatic carbocycles. The van der Waals surface area contributed by atoms with Gasteiger partial charge >= 0.3 is 12.1 Å². The third-order valence-electron chi connectivity index (χ3n) is 5.76. The number of benzene rings is 1. The van der Waals surface area contributed by atoms with Crippen molar-refractivity contribution in [3.63, 3.8) is 0 Å². The number of urea groups is 1. The molecule has 1 spiro atoms. The Morgan fingerprint density at radius 1 is 1.19 bits per heavy atom. The van der Waals surface area contributed by atoms with Crippen molar-refractivity contribution >= 4 is 50.4 Å². The van der Waals surface area contributed by atoms with E-state index in [9.17, 15) is 19.2 Å². The SMILES string of the molecule is CCNC(=O)Nc1sc2ccccc2c1C(=O)N1CCC2(CC1)CC(=O)N(C)C(=O)O2. The van der Waals surface area contributed by atoms with E-state index in [1.54, 1.807) is 4.90 Å². The highest BCUT2D eigenvalue weighted by atomic mass is 32.1. The van der Waals surface area contributed by atoms with Gasteiger partial charge in [0, 0.05) is 49.6 Å². The summed E-state index contributed by atoms with van der Waals surface area (Å²) in [5.41, 5.74) is -0.393. The minimum Gasteiger partial charge on any atom is -0.442 e. The summed E-state index contributed by atoms with van der Waals surface area (Å²) in [5, 5.41) is 6.76. The molecule has 1 aromatic heterocycles. The van der Waals surface area contributed by atoms with Crippen LogP contribution in [0.3, 0.4) is 0 Å². The van der Waals surface area contributed by atoms with Crippen LogP contribution in [0.2, 0.25) is 0 Å². The fourth-order valence-corrected chi connectivity index (χ4v) is 5.08. The maximum Gasteiger partial charge on any atom is 0.416 e. The first kappa shape index (κ1) is 21.1. The molecule has 0 radical (unpaired) electrons. The number of amides is 5. The van der Waals surface area contributed by atoms with Crippen molar-refractivity contribution in [2.45, 2.75) is 31.8 Å². The van der Waals surface area contributed by atoms with Crippen LogP contribution in [0.25, 0.3) is 10.1 Å². The summed E-state index contributed by atoms with van der Waals surface area (Å²) < 4.78 is 6.46. The average molecular weight is 445 g/mol. The minimum absolute atomic E-state index is 0.128. The predicted octanol–water partition coefficient (Wildman–Crippen LogP) is 3.02. The molecule has 31 heavy (non-hydrogen) atoms. The Kier molecular flexibility index (Phi) is 5.57. The molecule has 9 nitrogen and oxygen atoms in total. The van der Waals surface area contributed by atoms with E-state index in [1.807, 2.05) is 31.2 Å². The fraction of sp³-hybridized carbons (Fsp3) is 0.429. The summed E-state index contributed by atoms with van der Waals surface area (Å²) in [4.78, 5) is 52.4. The lowest BCUT2D eigenvalue weighted by atomic mass is 9.86. The number of anilines is 1. The van der Waals surface area contributed by atoms with Crippen LogP contribution in [0.1, 0.15) is 36.5 Å². The smallest absolute Gasteiger partial charge is 0.416 e. The summed E-state index contributed by atoms with van der Waals surface area (Å²) in [6.07, 6.45) is 0.271. The zero-order valence-corrected chi connectivity index (χ0v) is 18.2. The number of rotatable bonds is 3. The zero-order chi connectivity index (χ0) is 22.2. The number of thiophene rings is 1. The molecule has 0 atom stereocenters. The van der Waals surface area contributed by atoms with Gasteiger partial charge in [0.05, 0.1) is 12.0 Å². The van der Waals surface area contributed by atoms with Crippen molar-refractivity contribution in [2.75, 3.05) is 32.0 Å². The third-order valence-corrected chi connectivity index (χ3v) is 6.85. The highest BCUT2D eigenvalue weighted by Crippen LogP contribution is 2.39. The number of nitrogens with zero attached hydrogens (tertiary/aromatic N) is 2. The molecule has 5 amide bonds.